The normalized spacial score (nSPS) is 21.9. The molecule has 1 heterocycles. The molecule has 1 N–H and O–H groups in total. The average Bonchev–Trinajstić information content (AvgIpc) is 3.04. The van der Waals surface area contributed by atoms with Crippen molar-refractivity contribution in [2.45, 2.75) is 24.3 Å². The van der Waals surface area contributed by atoms with Crippen LogP contribution in [-0.4, -0.2) is 37.3 Å². The second kappa shape index (κ2) is 7.73. The van der Waals surface area contributed by atoms with Crippen LogP contribution in [0.4, 0.5) is 5.69 Å². The summed E-state index contributed by atoms with van der Waals surface area (Å²) in [7, 11) is -2.13. The zero-order valence-corrected chi connectivity index (χ0v) is 15.8. The smallest absolute Gasteiger partial charge is 0.269 e. The number of nitro benzene ring substituents is 1. The van der Waals surface area contributed by atoms with E-state index in [1.165, 1.54) is 17.2 Å². The van der Waals surface area contributed by atoms with Crippen molar-refractivity contribution in [3.05, 3.63) is 75.8 Å². The molecule has 3 rings (SSSR count). The van der Waals surface area contributed by atoms with Gasteiger partial charge in [-0.15, -0.1) is 0 Å². The summed E-state index contributed by atoms with van der Waals surface area (Å²) in [6.07, 6.45) is 0. The minimum absolute atomic E-state index is 0.0271. The van der Waals surface area contributed by atoms with E-state index in [1.54, 1.807) is 26.1 Å². The predicted molar refractivity (Wildman–Crippen MR) is 100 cm³/mol. The lowest BCUT2D eigenvalue weighted by atomic mass is 10.0. The molecule has 0 unspecified atom stereocenters. The van der Waals surface area contributed by atoms with Gasteiger partial charge in [-0.1, -0.05) is 42.5 Å². The summed E-state index contributed by atoms with van der Waals surface area (Å²) < 4.78 is 28.7. The topological polar surface area (TPSA) is 102 Å². The van der Waals surface area contributed by atoms with Crippen molar-refractivity contribution in [3.63, 3.8) is 0 Å². The Hall–Kier alpha value is -2.33. The van der Waals surface area contributed by atoms with Crippen molar-refractivity contribution in [2.24, 2.45) is 0 Å². The number of sulfonamides is 1. The number of nitrogens with zero attached hydrogens (tertiary/aromatic N) is 2. The molecule has 3 atom stereocenters. The van der Waals surface area contributed by atoms with Crippen molar-refractivity contribution in [1.82, 2.24) is 9.79 Å². The van der Waals surface area contributed by atoms with E-state index in [1.807, 2.05) is 30.3 Å². The third-order valence-corrected chi connectivity index (χ3v) is 6.52. The van der Waals surface area contributed by atoms with Crippen LogP contribution in [-0.2, 0) is 14.9 Å². The van der Waals surface area contributed by atoms with E-state index >= 15 is 0 Å². The van der Waals surface area contributed by atoms with Gasteiger partial charge < -0.3 is 0 Å². The van der Waals surface area contributed by atoms with Crippen molar-refractivity contribution < 1.29 is 18.2 Å². The fourth-order valence-electron chi connectivity index (χ4n) is 3.25. The van der Waals surface area contributed by atoms with Crippen LogP contribution in [0.2, 0.25) is 0 Å². The van der Waals surface area contributed by atoms with E-state index in [4.69, 9.17) is 4.84 Å². The maximum atomic E-state index is 13.0. The Morgan fingerprint density at radius 3 is 2.59 bits per heavy atom. The fraction of sp³-hybridized carbons (Fsp3) is 0.333. The highest BCUT2D eigenvalue weighted by molar-refractivity contribution is 7.90. The molecule has 1 aliphatic rings. The molecule has 1 saturated heterocycles. The molecule has 2 aromatic rings. The summed E-state index contributed by atoms with van der Waals surface area (Å²) in [6, 6.07) is 14.2. The SMILES string of the molecule is C[C@H](NS(=O)(=O)[C@H]1CON(C)[C@@H]1c1cccc([N+](=O)[O-])c1)c1ccccc1. The summed E-state index contributed by atoms with van der Waals surface area (Å²) in [5.41, 5.74) is 1.28. The highest BCUT2D eigenvalue weighted by Crippen LogP contribution is 2.35. The quantitative estimate of drug-likeness (QED) is 0.600. The number of rotatable bonds is 6. The van der Waals surface area contributed by atoms with Gasteiger partial charge in [-0.25, -0.2) is 13.1 Å². The number of benzene rings is 2. The highest BCUT2D eigenvalue weighted by Gasteiger charge is 2.44. The van der Waals surface area contributed by atoms with Crippen molar-refractivity contribution in [3.8, 4) is 0 Å². The van der Waals surface area contributed by atoms with Crippen LogP contribution in [0.5, 0.6) is 0 Å². The Morgan fingerprint density at radius 1 is 1.22 bits per heavy atom. The van der Waals surface area contributed by atoms with Crippen molar-refractivity contribution in [1.29, 1.82) is 0 Å². The predicted octanol–water partition coefficient (Wildman–Crippen LogP) is 2.56. The number of hydrogen-bond acceptors (Lipinski definition) is 6. The first kappa shape index (κ1) is 19.4. The molecule has 27 heavy (non-hydrogen) atoms. The van der Waals surface area contributed by atoms with Crippen LogP contribution in [0, 0.1) is 10.1 Å². The molecule has 0 aromatic heterocycles. The lowest BCUT2D eigenvalue weighted by molar-refractivity contribution is -0.385. The van der Waals surface area contributed by atoms with Gasteiger partial charge in [0.25, 0.3) is 5.69 Å². The van der Waals surface area contributed by atoms with Crippen LogP contribution >= 0.6 is 0 Å². The Balaban J connectivity index is 1.87. The lowest BCUT2D eigenvalue weighted by Gasteiger charge is -2.24. The third-order valence-electron chi connectivity index (χ3n) is 4.65. The van der Waals surface area contributed by atoms with E-state index in [0.717, 1.165) is 5.56 Å². The largest absolute Gasteiger partial charge is 0.297 e. The Morgan fingerprint density at radius 2 is 1.93 bits per heavy atom. The average molecular weight is 391 g/mol. The van der Waals surface area contributed by atoms with Crippen LogP contribution in [0.3, 0.4) is 0 Å². The van der Waals surface area contributed by atoms with E-state index < -0.39 is 32.3 Å². The molecule has 0 spiro atoms. The molecule has 1 fully saturated rings. The van der Waals surface area contributed by atoms with Gasteiger partial charge in [0, 0.05) is 25.2 Å². The number of nitro groups is 1. The molecular weight excluding hydrogens is 370 g/mol. The Labute approximate surface area is 157 Å². The molecule has 8 nitrogen and oxygen atoms in total. The number of non-ortho nitro benzene ring substituents is 1. The van der Waals surface area contributed by atoms with Gasteiger partial charge in [0.1, 0.15) is 5.25 Å². The summed E-state index contributed by atoms with van der Waals surface area (Å²) in [6.45, 7) is 1.75. The zero-order valence-electron chi connectivity index (χ0n) is 15.0. The number of hydroxylamine groups is 2. The maximum Gasteiger partial charge on any atom is 0.269 e. The summed E-state index contributed by atoms with van der Waals surface area (Å²) in [5, 5.41) is 11.6. The Bertz CT molecular complexity index is 920. The van der Waals surface area contributed by atoms with Crippen molar-refractivity contribution in [2.75, 3.05) is 13.7 Å². The zero-order chi connectivity index (χ0) is 19.6. The molecule has 0 amide bonds. The van der Waals surface area contributed by atoms with Gasteiger partial charge in [0.2, 0.25) is 10.0 Å². The molecule has 9 heteroatoms. The summed E-state index contributed by atoms with van der Waals surface area (Å²) in [5.74, 6) is 0. The number of hydrogen-bond donors (Lipinski definition) is 1. The van der Waals surface area contributed by atoms with Crippen LogP contribution in [0.15, 0.2) is 54.6 Å². The van der Waals surface area contributed by atoms with Gasteiger partial charge >= 0.3 is 0 Å². The van der Waals surface area contributed by atoms with Gasteiger partial charge in [0.15, 0.2) is 0 Å². The Kier molecular flexibility index (Phi) is 5.56. The first-order valence-corrected chi connectivity index (χ1v) is 10.0. The van der Waals surface area contributed by atoms with Gasteiger partial charge in [-0.05, 0) is 18.1 Å². The van der Waals surface area contributed by atoms with Gasteiger partial charge in [-0.3, -0.25) is 15.0 Å². The highest BCUT2D eigenvalue weighted by atomic mass is 32.2. The van der Waals surface area contributed by atoms with Crippen LogP contribution in [0.25, 0.3) is 0 Å². The van der Waals surface area contributed by atoms with Crippen LogP contribution in [0.1, 0.15) is 30.1 Å². The summed E-state index contributed by atoms with van der Waals surface area (Å²) >= 11 is 0. The van der Waals surface area contributed by atoms with Crippen LogP contribution < -0.4 is 4.72 Å². The van der Waals surface area contributed by atoms with Gasteiger partial charge in [0.05, 0.1) is 17.6 Å². The first-order valence-electron chi connectivity index (χ1n) is 8.46. The summed E-state index contributed by atoms with van der Waals surface area (Å²) in [4.78, 5) is 16.0. The molecule has 144 valence electrons. The van der Waals surface area contributed by atoms with E-state index in [9.17, 15) is 18.5 Å². The number of nitrogens with one attached hydrogen (secondary N) is 1. The minimum Gasteiger partial charge on any atom is -0.297 e. The molecular formula is C18H21N3O5S. The minimum atomic E-state index is -3.76. The molecule has 0 bridgehead atoms. The van der Waals surface area contributed by atoms with Crippen molar-refractivity contribution >= 4 is 15.7 Å². The van der Waals surface area contributed by atoms with Gasteiger partial charge in [-0.2, -0.15) is 5.06 Å². The second-order valence-corrected chi connectivity index (χ2v) is 8.40. The monoisotopic (exact) mass is 391 g/mol. The maximum absolute atomic E-state index is 13.0. The molecule has 1 aliphatic heterocycles. The fourth-order valence-corrected chi connectivity index (χ4v) is 4.96. The molecule has 2 aromatic carbocycles. The first-order chi connectivity index (χ1) is 12.8. The molecule has 0 saturated carbocycles. The molecule has 0 radical (unpaired) electrons. The standard InChI is InChI=1S/C18H21N3O5S/c1-13(14-7-4-3-5-8-14)19-27(24,25)17-12-26-20(2)18(17)15-9-6-10-16(11-15)21(22)23/h3-11,13,17-19H,12H2,1-2H3/t13-,17-,18+/m0/s1. The third kappa shape index (κ3) is 4.16. The lowest BCUT2D eigenvalue weighted by Crippen LogP contribution is -2.40. The molecule has 0 aliphatic carbocycles. The van der Waals surface area contributed by atoms with E-state index in [2.05, 4.69) is 4.72 Å². The van der Waals surface area contributed by atoms with E-state index in [0.29, 0.717) is 5.56 Å². The second-order valence-electron chi connectivity index (χ2n) is 6.47. The van der Waals surface area contributed by atoms with E-state index in [-0.39, 0.29) is 12.3 Å².